The third-order valence-corrected chi connectivity index (χ3v) is 3.87. The van der Waals surface area contributed by atoms with Crippen molar-refractivity contribution in [1.29, 1.82) is 0 Å². The van der Waals surface area contributed by atoms with Crippen LogP contribution >= 0.6 is 0 Å². The molecule has 0 saturated carbocycles. The number of hydrogen-bond acceptors (Lipinski definition) is 4. The molecular formula is C21H27N3O3. The van der Waals surface area contributed by atoms with Gasteiger partial charge in [-0.05, 0) is 37.6 Å². The minimum Gasteiger partial charge on any atom is -0.494 e. The number of benzene rings is 2. The minimum absolute atomic E-state index is 0.303. The summed E-state index contributed by atoms with van der Waals surface area (Å²) in [7, 11) is 1.73. The number of rotatable bonds is 8. The van der Waals surface area contributed by atoms with Crippen molar-refractivity contribution >= 4 is 11.9 Å². The fourth-order valence-corrected chi connectivity index (χ4v) is 2.50. The van der Waals surface area contributed by atoms with Gasteiger partial charge >= 0.3 is 5.97 Å². The second-order valence-electron chi connectivity index (χ2n) is 5.74. The van der Waals surface area contributed by atoms with E-state index < -0.39 is 0 Å². The summed E-state index contributed by atoms with van der Waals surface area (Å²) in [5.41, 5.74) is 2.66. The van der Waals surface area contributed by atoms with Gasteiger partial charge in [-0.2, -0.15) is 0 Å². The maximum absolute atomic E-state index is 11.7. The van der Waals surface area contributed by atoms with Gasteiger partial charge < -0.3 is 20.1 Å². The molecule has 6 heteroatoms. The number of nitrogens with zero attached hydrogens (tertiary/aromatic N) is 1. The number of hydrogen-bond donors (Lipinski definition) is 2. The molecule has 0 bridgehead atoms. The zero-order valence-electron chi connectivity index (χ0n) is 16.1. The molecule has 2 N–H and O–H groups in total. The molecule has 2 aromatic carbocycles. The molecule has 0 aliphatic carbocycles. The molecule has 27 heavy (non-hydrogen) atoms. The Balaban J connectivity index is 1.88. The second kappa shape index (κ2) is 10.9. The highest BCUT2D eigenvalue weighted by Gasteiger charge is 2.07. The Labute approximate surface area is 160 Å². The smallest absolute Gasteiger partial charge is 0.338 e. The molecule has 144 valence electrons. The molecular weight excluding hydrogens is 342 g/mol. The molecule has 0 unspecified atom stereocenters. The average molecular weight is 369 g/mol. The molecule has 6 nitrogen and oxygen atoms in total. The summed E-state index contributed by atoms with van der Waals surface area (Å²) in [6, 6.07) is 15.3. The van der Waals surface area contributed by atoms with E-state index in [0.717, 1.165) is 16.9 Å². The van der Waals surface area contributed by atoms with Crippen LogP contribution in [0.1, 0.15) is 35.3 Å². The Kier molecular flexibility index (Phi) is 8.16. The van der Waals surface area contributed by atoms with Gasteiger partial charge in [0, 0.05) is 25.7 Å². The van der Waals surface area contributed by atoms with E-state index in [2.05, 4.69) is 15.6 Å². The van der Waals surface area contributed by atoms with E-state index in [0.29, 0.717) is 37.8 Å². The number of nitrogens with one attached hydrogen (secondary N) is 2. The fourth-order valence-electron chi connectivity index (χ4n) is 2.50. The van der Waals surface area contributed by atoms with Crippen LogP contribution in [0.2, 0.25) is 0 Å². The number of carbonyl (C=O) groups excluding carboxylic acids is 1. The Hall–Kier alpha value is -3.02. The van der Waals surface area contributed by atoms with Crippen LogP contribution in [0, 0.1) is 0 Å². The molecule has 0 saturated heterocycles. The lowest BCUT2D eigenvalue weighted by Gasteiger charge is -2.14. The van der Waals surface area contributed by atoms with E-state index in [1.54, 1.807) is 26.1 Å². The van der Waals surface area contributed by atoms with Crippen LogP contribution in [0.4, 0.5) is 0 Å². The molecule has 0 fully saturated rings. The van der Waals surface area contributed by atoms with Gasteiger partial charge in [0.25, 0.3) is 0 Å². The van der Waals surface area contributed by atoms with Crippen molar-refractivity contribution in [3.63, 3.8) is 0 Å². The van der Waals surface area contributed by atoms with Crippen molar-refractivity contribution in [2.45, 2.75) is 26.9 Å². The predicted molar refractivity (Wildman–Crippen MR) is 107 cm³/mol. The number of guanidine groups is 1. The summed E-state index contributed by atoms with van der Waals surface area (Å²) in [6.45, 7) is 5.97. The first-order valence-corrected chi connectivity index (χ1v) is 9.09. The normalized spacial score (nSPS) is 11.0. The third kappa shape index (κ3) is 6.33. The number of aliphatic imine (C=N–C) groups is 1. The third-order valence-electron chi connectivity index (χ3n) is 3.87. The predicted octanol–water partition coefficient (Wildman–Crippen LogP) is 3.13. The number of para-hydroxylation sites is 1. The van der Waals surface area contributed by atoms with Gasteiger partial charge in [0.05, 0.1) is 18.8 Å². The Morgan fingerprint density at radius 2 is 1.67 bits per heavy atom. The van der Waals surface area contributed by atoms with E-state index in [9.17, 15) is 4.79 Å². The Bertz CT molecular complexity index is 758. The molecule has 2 rings (SSSR count). The quantitative estimate of drug-likeness (QED) is 0.425. The lowest BCUT2D eigenvalue weighted by atomic mass is 10.1. The summed E-state index contributed by atoms with van der Waals surface area (Å²) in [5, 5.41) is 6.55. The second-order valence-corrected chi connectivity index (χ2v) is 5.74. The number of carbonyl (C=O) groups is 1. The first kappa shape index (κ1) is 20.3. The summed E-state index contributed by atoms with van der Waals surface area (Å²) >= 11 is 0. The monoisotopic (exact) mass is 369 g/mol. The van der Waals surface area contributed by atoms with Crippen LogP contribution in [-0.2, 0) is 17.8 Å². The van der Waals surface area contributed by atoms with Crippen molar-refractivity contribution in [2.24, 2.45) is 4.99 Å². The molecule has 0 aromatic heterocycles. The standard InChI is InChI=1S/C21H27N3O3/c1-4-26-19-9-7-6-8-18(19)15-24-21(22-3)23-14-16-10-12-17(13-11-16)20(25)27-5-2/h6-13H,4-5,14-15H2,1-3H3,(H2,22,23,24). The van der Waals surface area contributed by atoms with Crippen LogP contribution in [0.5, 0.6) is 5.75 Å². The van der Waals surface area contributed by atoms with Crippen LogP contribution in [-0.4, -0.2) is 32.2 Å². The van der Waals surface area contributed by atoms with Gasteiger partial charge in [0.2, 0.25) is 0 Å². The number of esters is 1. The van der Waals surface area contributed by atoms with E-state index in [4.69, 9.17) is 9.47 Å². The molecule has 0 atom stereocenters. The molecule has 0 radical (unpaired) electrons. The summed E-state index contributed by atoms with van der Waals surface area (Å²) < 4.78 is 10.6. The van der Waals surface area contributed by atoms with Gasteiger partial charge in [-0.1, -0.05) is 30.3 Å². The van der Waals surface area contributed by atoms with Crippen molar-refractivity contribution < 1.29 is 14.3 Å². The minimum atomic E-state index is -0.303. The molecule has 0 aliphatic rings. The maximum atomic E-state index is 11.7. The number of ether oxygens (including phenoxy) is 2. The van der Waals surface area contributed by atoms with Crippen molar-refractivity contribution in [2.75, 3.05) is 20.3 Å². The summed E-state index contributed by atoms with van der Waals surface area (Å²) in [6.07, 6.45) is 0. The van der Waals surface area contributed by atoms with Crippen molar-refractivity contribution in [3.05, 3.63) is 65.2 Å². The highest BCUT2D eigenvalue weighted by molar-refractivity contribution is 5.89. The molecule has 0 amide bonds. The highest BCUT2D eigenvalue weighted by atomic mass is 16.5. The van der Waals surface area contributed by atoms with Gasteiger partial charge in [-0.15, -0.1) is 0 Å². The summed E-state index contributed by atoms with van der Waals surface area (Å²) in [5.74, 6) is 1.26. The van der Waals surface area contributed by atoms with Gasteiger partial charge in [0.15, 0.2) is 5.96 Å². The largest absolute Gasteiger partial charge is 0.494 e. The zero-order valence-corrected chi connectivity index (χ0v) is 16.1. The SMILES string of the molecule is CCOC(=O)c1ccc(CNC(=NC)NCc2ccccc2OCC)cc1. The van der Waals surface area contributed by atoms with Gasteiger partial charge in [-0.3, -0.25) is 4.99 Å². The average Bonchev–Trinajstić information content (AvgIpc) is 2.70. The topological polar surface area (TPSA) is 72.0 Å². The van der Waals surface area contributed by atoms with E-state index in [1.165, 1.54) is 0 Å². The molecule has 2 aromatic rings. The van der Waals surface area contributed by atoms with Crippen LogP contribution in [0.3, 0.4) is 0 Å². The molecule has 0 spiro atoms. The highest BCUT2D eigenvalue weighted by Crippen LogP contribution is 2.17. The van der Waals surface area contributed by atoms with Gasteiger partial charge in [-0.25, -0.2) is 4.79 Å². The van der Waals surface area contributed by atoms with Crippen LogP contribution in [0.25, 0.3) is 0 Å². The fraction of sp³-hybridized carbons (Fsp3) is 0.333. The van der Waals surface area contributed by atoms with Crippen molar-refractivity contribution in [1.82, 2.24) is 10.6 Å². The van der Waals surface area contributed by atoms with Crippen LogP contribution < -0.4 is 15.4 Å². The van der Waals surface area contributed by atoms with Gasteiger partial charge in [0.1, 0.15) is 5.75 Å². The Morgan fingerprint density at radius 1 is 0.963 bits per heavy atom. The van der Waals surface area contributed by atoms with E-state index in [1.807, 2.05) is 43.3 Å². The first-order valence-electron chi connectivity index (χ1n) is 9.09. The molecule has 0 aliphatic heterocycles. The van der Waals surface area contributed by atoms with Crippen LogP contribution in [0.15, 0.2) is 53.5 Å². The molecule has 0 heterocycles. The van der Waals surface area contributed by atoms with E-state index >= 15 is 0 Å². The first-order chi connectivity index (χ1) is 13.2. The van der Waals surface area contributed by atoms with E-state index in [-0.39, 0.29) is 5.97 Å². The Morgan fingerprint density at radius 3 is 2.33 bits per heavy atom. The summed E-state index contributed by atoms with van der Waals surface area (Å²) in [4.78, 5) is 15.9. The van der Waals surface area contributed by atoms with Crippen molar-refractivity contribution in [3.8, 4) is 5.75 Å². The maximum Gasteiger partial charge on any atom is 0.338 e. The lowest BCUT2D eigenvalue weighted by Crippen LogP contribution is -2.36. The zero-order chi connectivity index (χ0) is 19.5. The lowest BCUT2D eigenvalue weighted by molar-refractivity contribution is 0.0526.